The van der Waals surface area contributed by atoms with Crippen molar-refractivity contribution < 1.29 is 4.74 Å². The highest BCUT2D eigenvalue weighted by molar-refractivity contribution is 6.06. The smallest absolute Gasteiger partial charge is 0.132 e. The maximum atomic E-state index is 6.75. The molecule has 0 radical (unpaired) electrons. The van der Waals surface area contributed by atoms with E-state index in [1.807, 2.05) is 0 Å². The molecule has 2 aliphatic carbocycles. The van der Waals surface area contributed by atoms with Crippen molar-refractivity contribution in [2.45, 2.75) is 24.7 Å². The zero-order valence-corrected chi connectivity index (χ0v) is 31.3. The van der Waals surface area contributed by atoms with E-state index in [2.05, 4.69) is 207 Å². The summed E-state index contributed by atoms with van der Waals surface area (Å²) < 4.78 is 6.75. The van der Waals surface area contributed by atoms with Crippen LogP contribution >= 0.6 is 0 Å². The zero-order valence-electron chi connectivity index (χ0n) is 31.3. The van der Waals surface area contributed by atoms with E-state index in [1.54, 1.807) is 0 Å². The Labute approximate surface area is 326 Å². The van der Waals surface area contributed by atoms with Crippen LogP contribution in [0.3, 0.4) is 0 Å². The highest BCUT2D eigenvalue weighted by Gasteiger charge is 2.49. The van der Waals surface area contributed by atoms with Crippen LogP contribution in [0.2, 0.25) is 0 Å². The summed E-state index contributed by atoms with van der Waals surface area (Å²) in [6, 6.07) is 69.6. The van der Waals surface area contributed by atoms with Crippen molar-refractivity contribution in [3.63, 3.8) is 0 Å². The van der Waals surface area contributed by atoms with Crippen LogP contribution in [0.5, 0.6) is 11.5 Å². The van der Waals surface area contributed by atoms with Crippen LogP contribution in [0.4, 0.5) is 17.1 Å². The van der Waals surface area contributed by atoms with E-state index in [0.29, 0.717) is 0 Å². The molecule has 1 spiro atoms. The van der Waals surface area contributed by atoms with Gasteiger partial charge in [0.2, 0.25) is 0 Å². The molecule has 2 heteroatoms. The monoisotopic (exact) mass is 715 g/mol. The molecule has 0 unspecified atom stereocenters. The minimum absolute atomic E-state index is 0.135. The van der Waals surface area contributed by atoms with E-state index >= 15 is 0 Å². The molecule has 12 rings (SSSR count). The third-order valence-electron chi connectivity index (χ3n) is 12.9. The minimum Gasteiger partial charge on any atom is -0.457 e. The Morgan fingerprint density at radius 3 is 1.68 bits per heavy atom. The van der Waals surface area contributed by atoms with E-state index in [9.17, 15) is 0 Å². The molecule has 0 aromatic heterocycles. The second-order valence-corrected chi connectivity index (χ2v) is 16.0. The largest absolute Gasteiger partial charge is 0.457 e. The average molecular weight is 716 g/mol. The maximum absolute atomic E-state index is 6.75. The summed E-state index contributed by atoms with van der Waals surface area (Å²) >= 11 is 0. The molecule has 0 atom stereocenters. The van der Waals surface area contributed by atoms with Crippen molar-refractivity contribution in [2.75, 3.05) is 4.90 Å². The molecule has 0 saturated carbocycles. The van der Waals surface area contributed by atoms with Gasteiger partial charge in [-0.2, -0.15) is 0 Å². The molecule has 1 heterocycles. The van der Waals surface area contributed by atoms with Crippen LogP contribution in [-0.2, 0) is 10.8 Å². The number of anilines is 3. The van der Waals surface area contributed by atoms with Gasteiger partial charge in [-0.05, 0) is 103 Å². The van der Waals surface area contributed by atoms with Gasteiger partial charge in [0.15, 0.2) is 0 Å². The molecule has 0 fully saturated rings. The molecule has 0 amide bonds. The predicted molar refractivity (Wildman–Crippen MR) is 231 cm³/mol. The molecule has 0 bridgehead atoms. The van der Waals surface area contributed by atoms with Crippen LogP contribution in [0, 0.1) is 0 Å². The van der Waals surface area contributed by atoms with Crippen molar-refractivity contribution >= 4 is 38.6 Å². The number of rotatable bonds is 3. The summed E-state index contributed by atoms with van der Waals surface area (Å²) in [5.74, 6) is 1.79. The molecular formula is C54H37NO. The van der Waals surface area contributed by atoms with Gasteiger partial charge in [0, 0.05) is 33.3 Å². The number of para-hydroxylation sites is 2. The van der Waals surface area contributed by atoms with Crippen LogP contribution < -0.4 is 9.64 Å². The van der Waals surface area contributed by atoms with E-state index in [0.717, 1.165) is 39.7 Å². The lowest BCUT2D eigenvalue weighted by atomic mass is 9.58. The first-order valence-electron chi connectivity index (χ1n) is 19.6. The summed E-state index contributed by atoms with van der Waals surface area (Å²) in [6.07, 6.45) is 0. The molecule has 1 aliphatic heterocycles. The van der Waals surface area contributed by atoms with Crippen LogP contribution in [0.1, 0.15) is 47.2 Å². The minimum atomic E-state index is -0.628. The number of fused-ring (bicyclic) bond motifs is 12. The molecule has 9 aromatic carbocycles. The zero-order chi connectivity index (χ0) is 37.2. The van der Waals surface area contributed by atoms with E-state index in [4.69, 9.17) is 4.74 Å². The fraction of sp³-hybridized carbons (Fsp3) is 0.0741. The van der Waals surface area contributed by atoms with Gasteiger partial charge in [-0.3, -0.25) is 0 Å². The second-order valence-electron chi connectivity index (χ2n) is 16.0. The Bertz CT molecular complexity index is 3060. The lowest BCUT2D eigenvalue weighted by molar-refractivity contribution is 0.435. The van der Waals surface area contributed by atoms with Gasteiger partial charge in [-0.15, -0.1) is 0 Å². The van der Waals surface area contributed by atoms with Gasteiger partial charge >= 0.3 is 0 Å². The van der Waals surface area contributed by atoms with Crippen LogP contribution in [0.25, 0.3) is 43.8 Å². The number of hydrogen-bond acceptors (Lipinski definition) is 2. The SMILES string of the molecule is CC1(C)c2ccccc2-c2ccc(N(c3ccc4c(c3)C3(c5ccccc5Oc5ccccc53)c3cccc5cccc-4c35)c3cccc4ccccc34)cc21. The van der Waals surface area contributed by atoms with Crippen LogP contribution in [0.15, 0.2) is 188 Å². The summed E-state index contributed by atoms with van der Waals surface area (Å²) in [4.78, 5) is 2.49. The summed E-state index contributed by atoms with van der Waals surface area (Å²) in [5, 5.41) is 4.97. The van der Waals surface area contributed by atoms with Crippen molar-refractivity contribution in [1.29, 1.82) is 0 Å². The Morgan fingerprint density at radius 2 is 0.911 bits per heavy atom. The highest BCUT2D eigenvalue weighted by atomic mass is 16.5. The van der Waals surface area contributed by atoms with Crippen molar-refractivity contribution in [3.05, 3.63) is 221 Å². The van der Waals surface area contributed by atoms with E-state index in [-0.39, 0.29) is 5.41 Å². The number of benzene rings is 9. The fourth-order valence-corrected chi connectivity index (χ4v) is 10.5. The molecule has 264 valence electrons. The van der Waals surface area contributed by atoms with Gasteiger partial charge in [-0.25, -0.2) is 0 Å². The molecule has 0 N–H and O–H groups in total. The van der Waals surface area contributed by atoms with Crippen molar-refractivity contribution in [2.24, 2.45) is 0 Å². The van der Waals surface area contributed by atoms with Gasteiger partial charge in [0.25, 0.3) is 0 Å². The van der Waals surface area contributed by atoms with Crippen molar-refractivity contribution in [1.82, 2.24) is 0 Å². The average Bonchev–Trinajstić information content (AvgIpc) is 3.48. The first kappa shape index (κ1) is 31.5. The second kappa shape index (κ2) is 11.3. The van der Waals surface area contributed by atoms with Gasteiger partial charge < -0.3 is 9.64 Å². The fourth-order valence-electron chi connectivity index (χ4n) is 10.5. The Balaban J connectivity index is 1.19. The molecule has 3 aliphatic rings. The Hall–Kier alpha value is -6.90. The first-order chi connectivity index (χ1) is 27.5. The van der Waals surface area contributed by atoms with E-state index in [1.165, 1.54) is 66.1 Å². The van der Waals surface area contributed by atoms with Crippen LogP contribution in [-0.4, -0.2) is 0 Å². The molecule has 0 saturated heterocycles. The molecule has 56 heavy (non-hydrogen) atoms. The first-order valence-corrected chi connectivity index (χ1v) is 19.6. The molecule has 2 nitrogen and oxygen atoms in total. The number of ether oxygens (including phenoxy) is 1. The predicted octanol–water partition coefficient (Wildman–Crippen LogP) is 14.2. The maximum Gasteiger partial charge on any atom is 0.132 e. The quantitative estimate of drug-likeness (QED) is 0.181. The summed E-state index contributed by atoms with van der Waals surface area (Å²) in [6.45, 7) is 4.73. The standard InChI is InChI=1S/C54H37NO/c1-53(2)43-21-6-5-19-39(43)40-30-28-36(32-47(40)53)55(49-25-13-15-34-14-3-4-18-38(34)49)37-29-31-41-42-20-11-16-35-17-12-24-46(52(35)42)54(48(41)33-37)44-22-7-9-26-50(44)56-51-27-10-8-23-45(51)54/h3-33H,1-2H3. The number of hydrogen-bond donors (Lipinski definition) is 0. The Morgan fingerprint density at radius 1 is 0.393 bits per heavy atom. The van der Waals surface area contributed by atoms with E-state index < -0.39 is 5.41 Å². The van der Waals surface area contributed by atoms with Gasteiger partial charge in [-0.1, -0.05) is 159 Å². The molecular weight excluding hydrogens is 679 g/mol. The third kappa shape index (κ3) is 4.06. The normalized spacial score (nSPS) is 14.7. The lowest BCUT2D eigenvalue weighted by Gasteiger charge is -2.45. The molecule has 9 aromatic rings. The van der Waals surface area contributed by atoms with Gasteiger partial charge in [0.05, 0.1) is 11.1 Å². The third-order valence-corrected chi connectivity index (χ3v) is 12.9. The topological polar surface area (TPSA) is 12.5 Å². The summed E-state index contributed by atoms with van der Waals surface area (Å²) in [7, 11) is 0. The highest BCUT2D eigenvalue weighted by Crippen LogP contribution is 2.62. The summed E-state index contributed by atoms with van der Waals surface area (Å²) in [5.41, 5.74) is 15.4. The lowest BCUT2D eigenvalue weighted by Crippen LogP contribution is -2.36. The number of nitrogens with zero attached hydrogens (tertiary/aromatic N) is 1. The van der Waals surface area contributed by atoms with Gasteiger partial charge in [0.1, 0.15) is 11.5 Å². The Kier molecular flexibility index (Phi) is 6.36. The van der Waals surface area contributed by atoms with Crippen molar-refractivity contribution in [3.8, 4) is 33.8 Å².